The van der Waals surface area contributed by atoms with E-state index in [2.05, 4.69) is 22.4 Å². The standard InChI is InChI=1S/C14H17N3O2/c15-4-3-10-7-16-13-2-1-9(6-12(10)13)5-11-8-19-14(18)17-11/h1-2,6,11H,3-5,7-8,15H2,(H,17,18)/t11-/m1/s1. The first-order chi connectivity index (χ1) is 9.26. The van der Waals surface area contributed by atoms with Crippen molar-refractivity contribution >= 4 is 11.7 Å². The largest absolute Gasteiger partial charge is 0.447 e. The fourth-order valence-corrected chi connectivity index (χ4v) is 2.61. The number of cyclic esters (lactones) is 1. The van der Waals surface area contributed by atoms with Crippen molar-refractivity contribution in [2.75, 3.05) is 19.7 Å². The van der Waals surface area contributed by atoms with Crippen molar-refractivity contribution in [3.05, 3.63) is 34.3 Å². The summed E-state index contributed by atoms with van der Waals surface area (Å²) >= 11 is 0. The van der Waals surface area contributed by atoms with E-state index in [1.54, 1.807) is 0 Å². The summed E-state index contributed by atoms with van der Waals surface area (Å²) in [5.41, 5.74) is 8.13. The zero-order chi connectivity index (χ0) is 13.2. The molecule has 1 atom stereocenters. The summed E-state index contributed by atoms with van der Waals surface area (Å²) in [5.74, 6) is 0. The lowest BCUT2D eigenvalue weighted by molar-refractivity contribution is 0.177. The summed E-state index contributed by atoms with van der Waals surface area (Å²) in [6.07, 6.45) is 1.36. The molecule has 0 radical (unpaired) electrons. The molecule has 0 saturated carbocycles. The number of nitrogens with zero attached hydrogens (tertiary/aromatic N) is 1. The number of nitrogens with one attached hydrogen (secondary N) is 1. The molecule has 3 rings (SSSR count). The van der Waals surface area contributed by atoms with Gasteiger partial charge in [0, 0.05) is 5.22 Å². The van der Waals surface area contributed by atoms with Crippen molar-refractivity contribution in [2.45, 2.75) is 18.9 Å². The van der Waals surface area contributed by atoms with Gasteiger partial charge >= 0.3 is 6.09 Å². The Morgan fingerprint density at radius 1 is 1.47 bits per heavy atom. The highest BCUT2D eigenvalue weighted by Crippen LogP contribution is 2.08. The number of amides is 1. The van der Waals surface area contributed by atoms with E-state index in [0.29, 0.717) is 13.2 Å². The molecule has 0 bridgehead atoms. The predicted molar refractivity (Wildman–Crippen MR) is 71.1 cm³/mol. The van der Waals surface area contributed by atoms with E-state index in [0.717, 1.165) is 24.7 Å². The van der Waals surface area contributed by atoms with E-state index in [-0.39, 0.29) is 12.1 Å². The number of alkyl carbamates (subject to hydrolysis) is 1. The molecule has 2 aliphatic heterocycles. The number of fused-ring (bicyclic) bond motifs is 1. The summed E-state index contributed by atoms with van der Waals surface area (Å²) in [6, 6.07) is 6.35. The molecule has 1 fully saturated rings. The van der Waals surface area contributed by atoms with Crippen molar-refractivity contribution < 1.29 is 9.53 Å². The number of benzene rings is 1. The van der Waals surface area contributed by atoms with Gasteiger partial charge in [-0.15, -0.1) is 0 Å². The monoisotopic (exact) mass is 259 g/mol. The van der Waals surface area contributed by atoms with Gasteiger partial charge in [-0.2, -0.15) is 0 Å². The Balaban J connectivity index is 1.85. The molecule has 1 saturated heterocycles. The molecule has 1 aromatic carbocycles. The molecule has 0 aliphatic carbocycles. The normalized spacial score (nSPS) is 20.8. The molecule has 1 aromatic rings. The topological polar surface area (TPSA) is 76.7 Å². The van der Waals surface area contributed by atoms with Gasteiger partial charge in [0.05, 0.1) is 17.9 Å². The fourth-order valence-electron chi connectivity index (χ4n) is 2.61. The van der Waals surface area contributed by atoms with Gasteiger partial charge in [0.2, 0.25) is 0 Å². The van der Waals surface area contributed by atoms with Crippen molar-refractivity contribution in [3.8, 4) is 0 Å². The highest BCUT2D eigenvalue weighted by atomic mass is 16.6. The summed E-state index contributed by atoms with van der Waals surface area (Å²) in [4.78, 5) is 15.5. The van der Waals surface area contributed by atoms with Gasteiger partial charge in [-0.1, -0.05) is 6.07 Å². The summed E-state index contributed by atoms with van der Waals surface area (Å²) < 4.78 is 4.90. The summed E-state index contributed by atoms with van der Waals surface area (Å²) in [7, 11) is 0. The van der Waals surface area contributed by atoms with Crippen LogP contribution in [0.1, 0.15) is 12.0 Å². The SMILES string of the molecule is NCCC1=c2cc(C[C@@H]3COC(=O)N3)ccc2=NC1. The molecule has 2 aliphatic rings. The number of carbonyl (C=O) groups excluding carboxylic acids is 1. The molecule has 0 spiro atoms. The molecule has 0 aromatic heterocycles. The number of carbonyl (C=O) groups is 1. The van der Waals surface area contributed by atoms with Gasteiger partial charge in [0.15, 0.2) is 0 Å². The molecule has 3 N–H and O–H groups in total. The van der Waals surface area contributed by atoms with Crippen LogP contribution < -0.4 is 21.6 Å². The van der Waals surface area contributed by atoms with Crippen molar-refractivity contribution in [1.29, 1.82) is 0 Å². The zero-order valence-electron chi connectivity index (χ0n) is 10.7. The third kappa shape index (κ3) is 2.46. The van der Waals surface area contributed by atoms with Crippen LogP contribution in [0.5, 0.6) is 0 Å². The van der Waals surface area contributed by atoms with Gasteiger partial charge in [-0.3, -0.25) is 4.99 Å². The molecular weight excluding hydrogens is 242 g/mol. The van der Waals surface area contributed by atoms with Gasteiger partial charge in [-0.25, -0.2) is 4.79 Å². The van der Waals surface area contributed by atoms with Crippen LogP contribution in [-0.2, 0) is 11.2 Å². The third-order valence-electron chi connectivity index (χ3n) is 3.55. The second-order valence-corrected chi connectivity index (χ2v) is 4.95. The number of hydrogen-bond donors (Lipinski definition) is 2. The molecule has 5 heteroatoms. The number of nitrogens with two attached hydrogens (primary N) is 1. The lowest BCUT2D eigenvalue weighted by atomic mass is 10.0. The van der Waals surface area contributed by atoms with Crippen LogP contribution in [0.3, 0.4) is 0 Å². The smallest absolute Gasteiger partial charge is 0.407 e. The average molecular weight is 259 g/mol. The number of hydrogen-bond acceptors (Lipinski definition) is 4. The number of ether oxygens (including phenoxy) is 1. The molecule has 19 heavy (non-hydrogen) atoms. The molecule has 1 amide bonds. The predicted octanol–water partition coefficient (Wildman–Crippen LogP) is -0.530. The van der Waals surface area contributed by atoms with Crippen molar-refractivity contribution in [3.63, 3.8) is 0 Å². The van der Waals surface area contributed by atoms with Gasteiger partial charge in [0.1, 0.15) is 6.61 Å². The fraction of sp³-hybridized carbons (Fsp3) is 0.429. The quantitative estimate of drug-likeness (QED) is 0.763. The molecule has 5 nitrogen and oxygen atoms in total. The Labute approximate surface area is 111 Å². The molecular formula is C14H17N3O2. The lowest BCUT2D eigenvalue weighted by Crippen LogP contribution is -2.30. The molecule has 2 heterocycles. The van der Waals surface area contributed by atoms with E-state index < -0.39 is 0 Å². The van der Waals surface area contributed by atoms with E-state index >= 15 is 0 Å². The first-order valence-corrected chi connectivity index (χ1v) is 6.55. The van der Waals surface area contributed by atoms with Crippen LogP contribution in [0.4, 0.5) is 4.79 Å². The summed E-state index contributed by atoms with van der Waals surface area (Å²) in [5, 5.41) is 5.07. The van der Waals surface area contributed by atoms with Gasteiger partial charge in [0.25, 0.3) is 0 Å². The minimum atomic E-state index is -0.323. The van der Waals surface area contributed by atoms with Crippen LogP contribution in [0, 0.1) is 0 Å². The van der Waals surface area contributed by atoms with E-state index in [9.17, 15) is 4.79 Å². The molecule has 0 unspecified atom stereocenters. The van der Waals surface area contributed by atoms with E-state index in [1.807, 2.05) is 6.07 Å². The van der Waals surface area contributed by atoms with Crippen LogP contribution in [0.2, 0.25) is 0 Å². The summed E-state index contributed by atoms with van der Waals surface area (Å²) in [6.45, 7) is 1.86. The van der Waals surface area contributed by atoms with Crippen LogP contribution >= 0.6 is 0 Å². The van der Waals surface area contributed by atoms with Crippen molar-refractivity contribution in [2.24, 2.45) is 10.7 Å². The number of rotatable bonds is 4. The van der Waals surface area contributed by atoms with Crippen LogP contribution in [0.15, 0.2) is 23.2 Å². The van der Waals surface area contributed by atoms with Gasteiger partial charge in [-0.05, 0) is 42.7 Å². The van der Waals surface area contributed by atoms with Crippen LogP contribution in [-0.4, -0.2) is 31.8 Å². The zero-order valence-corrected chi connectivity index (χ0v) is 10.7. The van der Waals surface area contributed by atoms with Crippen molar-refractivity contribution in [1.82, 2.24) is 5.32 Å². The maximum absolute atomic E-state index is 11.0. The molecule has 100 valence electrons. The Morgan fingerprint density at radius 3 is 3.11 bits per heavy atom. The minimum Gasteiger partial charge on any atom is -0.447 e. The minimum absolute atomic E-state index is 0.0712. The highest BCUT2D eigenvalue weighted by Gasteiger charge is 2.22. The Bertz CT molecular complexity index is 624. The third-order valence-corrected chi connectivity index (χ3v) is 3.55. The first kappa shape index (κ1) is 12.2. The van der Waals surface area contributed by atoms with Crippen LogP contribution in [0.25, 0.3) is 5.57 Å². The van der Waals surface area contributed by atoms with Gasteiger partial charge < -0.3 is 15.8 Å². The first-order valence-electron chi connectivity index (χ1n) is 6.55. The maximum atomic E-state index is 11.0. The second-order valence-electron chi connectivity index (χ2n) is 4.95. The second kappa shape index (κ2) is 5.01. The Morgan fingerprint density at radius 2 is 2.37 bits per heavy atom. The Kier molecular flexibility index (Phi) is 3.21. The lowest BCUT2D eigenvalue weighted by Gasteiger charge is -2.07. The average Bonchev–Trinajstić information content (AvgIpc) is 2.97. The van der Waals surface area contributed by atoms with E-state index in [4.69, 9.17) is 10.5 Å². The maximum Gasteiger partial charge on any atom is 0.407 e. The Hall–Kier alpha value is -1.88. The highest BCUT2D eigenvalue weighted by molar-refractivity contribution is 5.69. The van der Waals surface area contributed by atoms with E-state index in [1.165, 1.54) is 16.4 Å².